The highest BCUT2D eigenvalue weighted by Gasteiger charge is 1.96. The van der Waals surface area contributed by atoms with Gasteiger partial charge in [0.1, 0.15) is 10.3 Å². The van der Waals surface area contributed by atoms with E-state index in [1.165, 1.54) is 6.07 Å². The predicted molar refractivity (Wildman–Crippen MR) is 81.8 cm³/mol. The molecule has 0 aliphatic rings. The van der Waals surface area contributed by atoms with Crippen LogP contribution in [0.1, 0.15) is 11.1 Å². The molecular formula is C12H10Cl3N5. The summed E-state index contributed by atoms with van der Waals surface area (Å²) in [5, 5.41) is 4.85. The van der Waals surface area contributed by atoms with Crippen LogP contribution >= 0.6 is 34.8 Å². The summed E-state index contributed by atoms with van der Waals surface area (Å²) < 4.78 is 0. The first kappa shape index (κ1) is 16.5. The van der Waals surface area contributed by atoms with Gasteiger partial charge in [0.2, 0.25) is 0 Å². The highest BCUT2D eigenvalue weighted by atomic mass is 35.5. The van der Waals surface area contributed by atoms with Crippen molar-refractivity contribution in [2.75, 3.05) is 0 Å². The summed E-state index contributed by atoms with van der Waals surface area (Å²) in [5.74, 6) is 0. The zero-order valence-corrected chi connectivity index (χ0v) is 12.9. The fourth-order valence-electron chi connectivity index (χ4n) is 1.12. The molecule has 2 aromatic heterocycles. The molecule has 0 radical (unpaired) electrons. The van der Waals surface area contributed by atoms with Crippen molar-refractivity contribution >= 4 is 40.5 Å². The maximum atomic E-state index is 8.13. The van der Waals surface area contributed by atoms with E-state index in [9.17, 15) is 0 Å². The van der Waals surface area contributed by atoms with Crippen LogP contribution in [0, 0.1) is 13.8 Å². The SMILES string of the molecule is Cc1cnc(Cl)cc1Cl.Cc1cnc(Cl)cc1N=[N+]=[N-]. The minimum atomic E-state index is 0.331. The number of hydrogen-bond acceptors (Lipinski definition) is 3. The molecule has 0 fully saturated rings. The molecule has 2 heterocycles. The zero-order valence-electron chi connectivity index (χ0n) is 10.7. The van der Waals surface area contributed by atoms with E-state index in [1.54, 1.807) is 25.4 Å². The molecule has 8 heteroatoms. The average molecular weight is 331 g/mol. The van der Waals surface area contributed by atoms with Gasteiger partial charge in [-0.3, -0.25) is 0 Å². The van der Waals surface area contributed by atoms with Gasteiger partial charge in [-0.05, 0) is 42.6 Å². The van der Waals surface area contributed by atoms with E-state index < -0.39 is 0 Å². The van der Waals surface area contributed by atoms with Gasteiger partial charge in [0, 0.05) is 28.0 Å². The molecule has 0 unspecified atom stereocenters. The van der Waals surface area contributed by atoms with Crippen molar-refractivity contribution in [1.29, 1.82) is 0 Å². The highest BCUT2D eigenvalue weighted by Crippen LogP contribution is 2.20. The van der Waals surface area contributed by atoms with Gasteiger partial charge < -0.3 is 0 Å². The third-order valence-electron chi connectivity index (χ3n) is 2.20. The fraction of sp³-hybridized carbons (Fsp3) is 0.167. The average Bonchev–Trinajstić information content (AvgIpc) is 2.40. The Labute approximate surface area is 131 Å². The Bertz CT molecular complexity index is 654. The second kappa shape index (κ2) is 7.92. The van der Waals surface area contributed by atoms with Gasteiger partial charge in [-0.25, -0.2) is 9.97 Å². The summed E-state index contributed by atoms with van der Waals surface area (Å²) in [4.78, 5) is 10.3. The quantitative estimate of drug-likeness (QED) is 0.292. The summed E-state index contributed by atoms with van der Waals surface area (Å²) >= 11 is 16.8. The lowest BCUT2D eigenvalue weighted by Crippen LogP contribution is -1.77. The van der Waals surface area contributed by atoms with Crippen molar-refractivity contribution < 1.29 is 0 Å². The molecule has 0 aliphatic carbocycles. The van der Waals surface area contributed by atoms with E-state index in [4.69, 9.17) is 40.3 Å². The Morgan fingerprint density at radius 1 is 1.00 bits per heavy atom. The second-order valence-electron chi connectivity index (χ2n) is 3.74. The smallest absolute Gasteiger partial charge is 0.130 e. The third kappa shape index (κ3) is 5.23. The van der Waals surface area contributed by atoms with Crippen molar-refractivity contribution in [2.45, 2.75) is 13.8 Å². The standard InChI is InChI=1S/C6H5Cl2N.C6H5ClN4/c1-4-3-9-6(8)2-5(4)7;1-4-3-9-6(7)2-5(4)10-11-8/h2-3H,1H3;2-3H,1H3. The lowest BCUT2D eigenvalue weighted by Gasteiger charge is -1.96. The second-order valence-corrected chi connectivity index (χ2v) is 4.92. The molecule has 0 spiro atoms. The summed E-state index contributed by atoms with van der Waals surface area (Å²) in [6, 6.07) is 3.15. The fourth-order valence-corrected chi connectivity index (χ4v) is 1.64. The van der Waals surface area contributed by atoms with E-state index in [0.29, 0.717) is 21.0 Å². The molecule has 0 atom stereocenters. The molecule has 20 heavy (non-hydrogen) atoms. The number of pyridine rings is 2. The van der Waals surface area contributed by atoms with E-state index >= 15 is 0 Å². The first-order valence-corrected chi connectivity index (χ1v) is 6.52. The number of aromatic nitrogens is 2. The molecule has 5 nitrogen and oxygen atoms in total. The van der Waals surface area contributed by atoms with Gasteiger partial charge >= 0.3 is 0 Å². The molecule has 0 N–H and O–H groups in total. The highest BCUT2D eigenvalue weighted by molar-refractivity contribution is 6.34. The zero-order chi connectivity index (χ0) is 15.1. The van der Waals surface area contributed by atoms with Gasteiger partial charge in [0.05, 0.1) is 0 Å². The van der Waals surface area contributed by atoms with Crippen LogP contribution in [0.25, 0.3) is 10.4 Å². The minimum absolute atomic E-state index is 0.331. The molecule has 0 aromatic carbocycles. The molecule has 0 aliphatic heterocycles. The van der Waals surface area contributed by atoms with E-state index in [1.807, 2.05) is 6.92 Å². The number of rotatable bonds is 1. The van der Waals surface area contributed by atoms with Crippen molar-refractivity contribution in [1.82, 2.24) is 9.97 Å². The van der Waals surface area contributed by atoms with Crippen LogP contribution in [-0.4, -0.2) is 9.97 Å². The Kier molecular flexibility index (Phi) is 6.55. The number of aryl methyl sites for hydroxylation is 2. The minimum Gasteiger partial charge on any atom is -0.244 e. The number of hydrogen-bond donors (Lipinski definition) is 0. The Hall–Kier alpha value is -1.52. The topological polar surface area (TPSA) is 74.5 Å². The summed E-state index contributed by atoms with van der Waals surface area (Å²) in [6.07, 6.45) is 3.21. The predicted octanol–water partition coefficient (Wildman–Crippen LogP) is 5.68. The Balaban J connectivity index is 0.000000204. The van der Waals surface area contributed by atoms with Crippen molar-refractivity contribution in [3.05, 3.63) is 61.4 Å². The van der Waals surface area contributed by atoms with Gasteiger partial charge in [-0.2, -0.15) is 0 Å². The lowest BCUT2D eigenvalue weighted by atomic mass is 10.3. The van der Waals surface area contributed by atoms with Gasteiger partial charge in [0.15, 0.2) is 0 Å². The molecule has 0 amide bonds. The summed E-state index contributed by atoms with van der Waals surface area (Å²) in [6.45, 7) is 3.68. The van der Waals surface area contributed by atoms with Crippen LogP contribution in [-0.2, 0) is 0 Å². The van der Waals surface area contributed by atoms with Crippen molar-refractivity contribution in [3.8, 4) is 0 Å². The molecule has 2 rings (SSSR count). The van der Waals surface area contributed by atoms with Crippen LogP contribution < -0.4 is 0 Å². The van der Waals surface area contributed by atoms with Crippen LogP contribution in [0.15, 0.2) is 29.6 Å². The molecule has 2 aromatic rings. The number of azide groups is 1. The first-order valence-electron chi connectivity index (χ1n) is 5.39. The van der Waals surface area contributed by atoms with Crippen LogP contribution in [0.5, 0.6) is 0 Å². The Morgan fingerprint density at radius 3 is 2.05 bits per heavy atom. The van der Waals surface area contributed by atoms with Gasteiger partial charge in [-0.1, -0.05) is 39.9 Å². The third-order valence-corrected chi connectivity index (χ3v) is 3.02. The van der Waals surface area contributed by atoms with Crippen LogP contribution in [0.4, 0.5) is 5.69 Å². The largest absolute Gasteiger partial charge is 0.244 e. The van der Waals surface area contributed by atoms with E-state index in [2.05, 4.69) is 20.0 Å². The van der Waals surface area contributed by atoms with Crippen LogP contribution in [0.2, 0.25) is 15.3 Å². The molecule has 0 saturated carbocycles. The van der Waals surface area contributed by atoms with Crippen molar-refractivity contribution in [3.63, 3.8) is 0 Å². The van der Waals surface area contributed by atoms with Crippen molar-refractivity contribution in [2.24, 2.45) is 5.11 Å². The molecule has 0 bridgehead atoms. The summed E-state index contributed by atoms with van der Waals surface area (Å²) in [5.41, 5.74) is 10.4. The maximum absolute atomic E-state index is 8.13. The van der Waals surface area contributed by atoms with Gasteiger partial charge in [0.25, 0.3) is 0 Å². The maximum Gasteiger partial charge on any atom is 0.130 e. The lowest BCUT2D eigenvalue weighted by molar-refractivity contribution is 1.24. The number of halogens is 3. The Morgan fingerprint density at radius 2 is 1.55 bits per heavy atom. The molecular weight excluding hydrogens is 321 g/mol. The normalized spacial score (nSPS) is 9.25. The first-order chi connectivity index (χ1) is 9.43. The van der Waals surface area contributed by atoms with E-state index in [-0.39, 0.29) is 0 Å². The monoisotopic (exact) mass is 329 g/mol. The van der Waals surface area contributed by atoms with E-state index in [0.717, 1.165) is 11.1 Å². The summed E-state index contributed by atoms with van der Waals surface area (Å²) in [7, 11) is 0. The number of nitrogens with zero attached hydrogens (tertiary/aromatic N) is 5. The molecule has 0 saturated heterocycles. The van der Waals surface area contributed by atoms with Gasteiger partial charge in [-0.15, -0.1) is 0 Å². The van der Waals surface area contributed by atoms with Crippen LogP contribution in [0.3, 0.4) is 0 Å². The molecule has 104 valence electrons.